The van der Waals surface area contributed by atoms with Crippen LogP contribution in [0.3, 0.4) is 0 Å². The number of nitrogens with one attached hydrogen (secondary N) is 2. The molecule has 270 valence electrons. The summed E-state index contributed by atoms with van der Waals surface area (Å²) < 4.78 is 26.9. The van der Waals surface area contributed by atoms with Gasteiger partial charge in [-0.2, -0.15) is 5.06 Å². The Bertz CT molecular complexity index is 1300. The normalized spacial score (nSPS) is 13.2. The second-order valence-corrected chi connectivity index (χ2v) is 10.9. The van der Waals surface area contributed by atoms with Crippen LogP contribution in [0, 0.1) is 0 Å². The van der Waals surface area contributed by atoms with E-state index in [1.807, 2.05) is 17.6 Å². The lowest BCUT2D eigenvalue weighted by molar-refractivity contribution is -0.191. The highest BCUT2D eigenvalue weighted by Crippen LogP contribution is 2.35. The zero-order chi connectivity index (χ0) is 36.4. The number of rotatable bonds is 20. The molecule has 2 N–H and O–H groups in total. The molecule has 0 aliphatic carbocycles. The molecule has 1 fully saturated rings. The Morgan fingerprint density at radius 2 is 1.57 bits per heavy atom. The second-order valence-electron chi connectivity index (χ2n) is 9.91. The topological polar surface area (TPSA) is 151 Å². The molecular formula is C35H49N3O10S. The van der Waals surface area contributed by atoms with E-state index in [1.54, 1.807) is 57.4 Å². The van der Waals surface area contributed by atoms with Crippen molar-refractivity contribution in [1.82, 2.24) is 15.7 Å². The van der Waals surface area contributed by atoms with E-state index in [0.29, 0.717) is 55.2 Å². The lowest BCUT2D eigenvalue weighted by Crippen LogP contribution is -2.38. The van der Waals surface area contributed by atoms with Gasteiger partial charge in [-0.05, 0) is 49.3 Å². The molecule has 1 heterocycles. The summed E-state index contributed by atoms with van der Waals surface area (Å²) in [7, 11) is 7.60. The van der Waals surface area contributed by atoms with Gasteiger partial charge < -0.3 is 34.3 Å². The number of hydroxylamine groups is 2. The van der Waals surface area contributed by atoms with Gasteiger partial charge in [-0.1, -0.05) is 18.7 Å². The van der Waals surface area contributed by atoms with Crippen LogP contribution < -0.4 is 24.8 Å². The Kier molecular flexibility index (Phi) is 21.9. The van der Waals surface area contributed by atoms with Crippen LogP contribution in [0.15, 0.2) is 66.5 Å². The number of hydrogen-bond donors (Lipinski definition) is 2. The number of allylic oxidation sites excluding steroid dienone is 4. The number of imide groups is 1. The predicted molar refractivity (Wildman–Crippen MR) is 190 cm³/mol. The minimum Gasteiger partial charge on any atom is -0.496 e. The fraction of sp³-hybridized carbons (Fsp3) is 0.429. The number of hydrogen-bond acceptors (Lipinski definition) is 11. The van der Waals surface area contributed by atoms with E-state index in [-0.39, 0.29) is 30.0 Å². The van der Waals surface area contributed by atoms with Gasteiger partial charge in [0.2, 0.25) is 5.91 Å². The Balaban J connectivity index is 0.00000102. The van der Waals surface area contributed by atoms with Crippen LogP contribution in [-0.2, 0) is 28.7 Å². The maximum atomic E-state index is 12.1. The van der Waals surface area contributed by atoms with E-state index in [9.17, 15) is 19.2 Å². The molecule has 4 amide bonds. The van der Waals surface area contributed by atoms with Crippen molar-refractivity contribution in [3.63, 3.8) is 0 Å². The van der Waals surface area contributed by atoms with E-state index < -0.39 is 6.09 Å². The van der Waals surface area contributed by atoms with Crippen molar-refractivity contribution < 1.29 is 47.7 Å². The average Bonchev–Trinajstić information content (AvgIpc) is 3.10. The van der Waals surface area contributed by atoms with Crippen molar-refractivity contribution in [3.05, 3.63) is 72.1 Å². The number of unbranched alkanes of at least 4 members (excludes halogenated alkanes) is 1. The predicted octanol–water partition coefficient (Wildman–Crippen LogP) is 5.69. The summed E-state index contributed by atoms with van der Waals surface area (Å²) in [5.41, 5.74) is 0.824. The van der Waals surface area contributed by atoms with Gasteiger partial charge in [0.15, 0.2) is 11.5 Å². The molecular weight excluding hydrogens is 654 g/mol. The summed E-state index contributed by atoms with van der Waals surface area (Å²) in [4.78, 5) is 50.0. The number of amides is 4. The van der Waals surface area contributed by atoms with E-state index in [0.717, 1.165) is 35.6 Å². The van der Waals surface area contributed by atoms with Crippen LogP contribution in [0.1, 0.15) is 50.5 Å². The van der Waals surface area contributed by atoms with E-state index in [2.05, 4.69) is 28.6 Å². The molecule has 0 aromatic heterocycles. The molecule has 14 heteroatoms. The van der Waals surface area contributed by atoms with Gasteiger partial charge in [0.25, 0.3) is 11.8 Å². The van der Waals surface area contributed by atoms with Gasteiger partial charge in [-0.25, -0.2) is 4.79 Å². The monoisotopic (exact) mass is 703 g/mol. The van der Waals surface area contributed by atoms with E-state index in [1.165, 1.54) is 20.3 Å². The van der Waals surface area contributed by atoms with Crippen LogP contribution in [-0.4, -0.2) is 83.3 Å². The smallest absolute Gasteiger partial charge is 0.412 e. The molecule has 13 nitrogen and oxygen atoms in total. The number of carbonyl (C=O) groups excluding carboxylic acids is 4. The van der Waals surface area contributed by atoms with Crippen LogP contribution in [0.25, 0.3) is 6.08 Å². The summed E-state index contributed by atoms with van der Waals surface area (Å²) in [5.74, 6) is 2.77. The fourth-order valence-electron chi connectivity index (χ4n) is 4.09. The SMILES string of the molecule is C=CCCCC(=O)NCCNC(=O)O/C(C=C)=C(/C=C\CCS/C=C/c1c(OC)cc(OC)cc1OC)OC.CON1C(=O)CCCC1=O. The molecule has 0 atom stereocenters. The van der Waals surface area contributed by atoms with Gasteiger partial charge in [-0.15, -0.1) is 18.3 Å². The third-order valence-corrected chi connectivity index (χ3v) is 7.35. The van der Waals surface area contributed by atoms with Crippen LogP contribution >= 0.6 is 11.8 Å². The zero-order valence-electron chi connectivity index (χ0n) is 29.0. The number of ether oxygens (including phenoxy) is 5. The number of carbonyl (C=O) groups is 4. The third-order valence-electron chi connectivity index (χ3n) is 6.55. The highest BCUT2D eigenvalue weighted by atomic mass is 32.2. The molecule has 0 unspecified atom stereocenters. The molecule has 1 aliphatic rings. The summed E-state index contributed by atoms with van der Waals surface area (Å²) in [6.07, 6.45) is 12.3. The molecule has 1 saturated heterocycles. The van der Waals surface area contributed by atoms with Crippen LogP contribution in [0.2, 0.25) is 0 Å². The van der Waals surface area contributed by atoms with Crippen molar-refractivity contribution in [2.45, 2.75) is 44.9 Å². The first kappa shape index (κ1) is 42.3. The summed E-state index contributed by atoms with van der Waals surface area (Å²) >= 11 is 1.62. The fourth-order valence-corrected chi connectivity index (χ4v) is 4.73. The molecule has 0 bridgehead atoms. The Morgan fingerprint density at radius 3 is 2.10 bits per heavy atom. The molecule has 1 aromatic rings. The van der Waals surface area contributed by atoms with Crippen LogP contribution in [0.5, 0.6) is 17.2 Å². The summed E-state index contributed by atoms with van der Waals surface area (Å²) in [6.45, 7) is 7.85. The number of benzene rings is 1. The zero-order valence-corrected chi connectivity index (χ0v) is 29.9. The number of piperidine rings is 1. The Morgan fingerprint density at radius 1 is 0.918 bits per heavy atom. The number of thioether (sulfide) groups is 1. The molecule has 0 radical (unpaired) electrons. The van der Waals surface area contributed by atoms with Crippen molar-refractivity contribution >= 4 is 41.7 Å². The Labute approximate surface area is 293 Å². The second kappa shape index (κ2) is 25.3. The first-order valence-corrected chi connectivity index (χ1v) is 16.6. The average molecular weight is 704 g/mol. The van der Waals surface area contributed by atoms with Crippen molar-refractivity contribution in [3.8, 4) is 17.2 Å². The van der Waals surface area contributed by atoms with E-state index >= 15 is 0 Å². The molecule has 2 rings (SSSR count). The lowest BCUT2D eigenvalue weighted by atomic mass is 10.1. The van der Waals surface area contributed by atoms with Gasteiger partial charge in [0.05, 0.1) is 41.1 Å². The van der Waals surface area contributed by atoms with Crippen LogP contribution in [0.4, 0.5) is 4.79 Å². The third kappa shape index (κ3) is 16.3. The van der Waals surface area contributed by atoms with Crippen molar-refractivity contribution in [1.29, 1.82) is 0 Å². The standard InChI is InChI=1S/C29H40N2O7S.C6H9NO3/c1-7-9-10-14-28(32)30-16-17-31-29(33)38-24(8-2)25(35-4)13-11-12-18-39-19-15-23-26(36-5)20-22(34-3)21-27(23)37-6;1-10-7-5(8)3-2-4-6(7)9/h7-8,11,13,15,19-21H,1-2,9-10,12,14,16-18H2,3-6H3,(H,30,32)(H,31,33);2-4H2,1H3/b13-11-,19-15+,25-24-;. The highest BCUT2D eigenvalue weighted by molar-refractivity contribution is 8.02. The highest BCUT2D eigenvalue weighted by Gasteiger charge is 2.25. The van der Waals surface area contributed by atoms with Crippen molar-refractivity contribution in [2.75, 3.05) is 54.4 Å². The van der Waals surface area contributed by atoms with E-state index in [4.69, 9.17) is 23.7 Å². The van der Waals surface area contributed by atoms with Crippen molar-refractivity contribution in [2.24, 2.45) is 0 Å². The van der Waals surface area contributed by atoms with Gasteiger partial charge >= 0.3 is 6.09 Å². The maximum absolute atomic E-state index is 12.1. The van der Waals surface area contributed by atoms with Gasteiger partial charge in [0, 0.05) is 50.2 Å². The Hall–Kier alpha value is -4.69. The minimum atomic E-state index is -0.668. The minimum absolute atomic E-state index is 0.0701. The molecule has 0 spiro atoms. The first-order valence-electron chi connectivity index (χ1n) is 15.6. The summed E-state index contributed by atoms with van der Waals surface area (Å²) in [6, 6.07) is 3.61. The number of nitrogens with zero attached hydrogens (tertiary/aromatic N) is 1. The maximum Gasteiger partial charge on any atom is 0.412 e. The molecule has 1 aliphatic heterocycles. The molecule has 49 heavy (non-hydrogen) atoms. The lowest BCUT2D eigenvalue weighted by Gasteiger charge is -2.21. The van der Waals surface area contributed by atoms with Gasteiger partial charge in [0.1, 0.15) is 17.2 Å². The first-order chi connectivity index (χ1) is 23.7. The molecule has 0 saturated carbocycles. The number of alkyl carbamates (subject to hydrolysis) is 1. The number of methoxy groups -OCH3 is 4. The molecule has 1 aromatic carbocycles. The quantitative estimate of drug-likeness (QED) is 0.0567. The summed E-state index contributed by atoms with van der Waals surface area (Å²) in [5, 5.41) is 8.12. The largest absolute Gasteiger partial charge is 0.496 e. The van der Waals surface area contributed by atoms with Gasteiger partial charge in [-0.3, -0.25) is 19.2 Å².